The summed E-state index contributed by atoms with van der Waals surface area (Å²) in [6, 6.07) is 8.98. The van der Waals surface area contributed by atoms with Crippen LogP contribution in [0.1, 0.15) is 30.1 Å². The zero-order valence-corrected chi connectivity index (χ0v) is 15.1. The van der Waals surface area contributed by atoms with Gasteiger partial charge in [-0.1, -0.05) is 6.07 Å². The number of anilines is 2. The quantitative estimate of drug-likeness (QED) is 0.798. The molecule has 2 aromatic carbocycles. The van der Waals surface area contributed by atoms with Gasteiger partial charge in [0, 0.05) is 24.7 Å². The van der Waals surface area contributed by atoms with Crippen molar-refractivity contribution in [2.45, 2.75) is 25.9 Å². The molecule has 8 heteroatoms. The van der Waals surface area contributed by atoms with Crippen molar-refractivity contribution in [2.24, 2.45) is 0 Å². The van der Waals surface area contributed by atoms with Gasteiger partial charge in [0.1, 0.15) is 11.6 Å². The lowest BCUT2D eigenvalue weighted by Crippen LogP contribution is -2.30. The summed E-state index contributed by atoms with van der Waals surface area (Å²) >= 11 is 0. The van der Waals surface area contributed by atoms with Gasteiger partial charge in [0.25, 0.3) is 5.91 Å². The standard InChI is InChI=1S/C20H18F2N2O4/c1-12(19(26)23-17-11-14(21)7-8-16(17)22)28-20(27)13-4-2-5-15(10-13)24-9-3-6-18(24)25/h2,4-5,7-8,10-12H,3,6,9H2,1H3,(H,23,26)/t12-/m0/s1. The van der Waals surface area contributed by atoms with Gasteiger partial charge in [-0.05, 0) is 43.7 Å². The number of rotatable bonds is 5. The second kappa shape index (κ2) is 8.16. The van der Waals surface area contributed by atoms with Crippen LogP contribution in [0.25, 0.3) is 0 Å². The molecule has 6 nitrogen and oxygen atoms in total. The zero-order valence-electron chi connectivity index (χ0n) is 15.1. The third-order valence-corrected chi connectivity index (χ3v) is 4.31. The molecule has 1 aliphatic rings. The Balaban J connectivity index is 1.66. The topological polar surface area (TPSA) is 75.7 Å². The number of benzene rings is 2. The molecule has 0 aliphatic carbocycles. The van der Waals surface area contributed by atoms with E-state index in [1.165, 1.54) is 19.1 Å². The summed E-state index contributed by atoms with van der Waals surface area (Å²) in [7, 11) is 0. The van der Waals surface area contributed by atoms with Crippen LogP contribution in [0.5, 0.6) is 0 Å². The summed E-state index contributed by atoms with van der Waals surface area (Å²) in [5.74, 6) is -3.11. The van der Waals surface area contributed by atoms with Crippen LogP contribution in [0.3, 0.4) is 0 Å². The lowest BCUT2D eigenvalue weighted by atomic mass is 10.2. The van der Waals surface area contributed by atoms with Crippen LogP contribution >= 0.6 is 0 Å². The van der Waals surface area contributed by atoms with Gasteiger partial charge in [0.2, 0.25) is 5.91 Å². The van der Waals surface area contributed by atoms with Crippen molar-refractivity contribution in [1.82, 2.24) is 0 Å². The van der Waals surface area contributed by atoms with Gasteiger partial charge in [-0.15, -0.1) is 0 Å². The zero-order chi connectivity index (χ0) is 20.3. The highest BCUT2D eigenvalue weighted by Gasteiger charge is 2.24. The fourth-order valence-corrected chi connectivity index (χ4v) is 2.83. The van der Waals surface area contributed by atoms with E-state index in [0.29, 0.717) is 18.7 Å². The van der Waals surface area contributed by atoms with Crippen molar-refractivity contribution in [3.8, 4) is 0 Å². The molecule has 146 valence electrons. The molecule has 1 N–H and O–H groups in total. The molecule has 1 aliphatic heterocycles. The highest BCUT2D eigenvalue weighted by atomic mass is 19.1. The number of esters is 1. The van der Waals surface area contributed by atoms with Crippen molar-refractivity contribution >= 4 is 29.2 Å². The van der Waals surface area contributed by atoms with E-state index in [4.69, 9.17) is 4.74 Å². The molecule has 2 amide bonds. The second-order valence-electron chi connectivity index (χ2n) is 6.36. The molecule has 0 spiro atoms. The van der Waals surface area contributed by atoms with Gasteiger partial charge in [-0.25, -0.2) is 13.6 Å². The predicted molar refractivity (Wildman–Crippen MR) is 97.9 cm³/mol. The SMILES string of the molecule is C[C@H](OC(=O)c1cccc(N2CCCC2=O)c1)C(=O)Nc1cc(F)ccc1F. The van der Waals surface area contributed by atoms with Gasteiger partial charge >= 0.3 is 5.97 Å². The van der Waals surface area contributed by atoms with Gasteiger partial charge in [0.15, 0.2) is 6.10 Å². The minimum atomic E-state index is -1.24. The molecule has 1 atom stereocenters. The normalized spacial score (nSPS) is 14.7. The summed E-state index contributed by atoms with van der Waals surface area (Å²) in [6.45, 7) is 1.90. The molecule has 1 fully saturated rings. The summed E-state index contributed by atoms with van der Waals surface area (Å²) in [4.78, 5) is 37.9. The molecule has 0 unspecified atom stereocenters. The third-order valence-electron chi connectivity index (χ3n) is 4.31. The molecule has 0 aromatic heterocycles. The average Bonchev–Trinajstić information content (AvgIpc) is 3.10. The van der Waals surface area contributed by atoms with Crippen LogP contribution in [0.4, 0.5) is 20.2 Å². The van der Waals surface area contributed by atoms with Crippen molar-refractivity contribution in [3.05, 3.63) is 59.7 Å². The van der Waals surface area contributed by atoms with Crippen LogP contribution in [0.15, 0.2) is 42.5 Å². The van der Waals surface area contributed by atoms with E-state index in [0.717, 1.165) is 24.6 Å². The van der Waals surface area contributed by atoms with E-state index in [1.807, 2.05) is 0 Å². The van der Waals surface area contributed by atoms with Crippen LogP contribution in [0.2, 0.25) is 0 Å². The molecule has 3 rings (SSSR count). The fourth-order valence-electron chi connectivity index (χ4n) is 2.83. The number of carbonyl (C=O) groups excluding carboxylic acids is 3. The van der Waals surface area contributed by atoms with Crippen LogP contribution in [-0.4, -0.2) is 30.4 Å². The number of hydrogen-bond donors (Lipinski definition) is 1. The number of carbonyl (C=O) groups is 3. The first-order valence-corrected chi connectivity index (χ1v) is 8.72. The molecule has 0 bridgehead atoms. The Bertz CT molecular complexity index is 932. The number of ether oxygens (including phenoxy) is 1. The molecular weight excluding hydrogens is 370 g/mol. The van der Waals surface area contributed by atoms with Crippen molar-refractivity contribution in [3.63, 3.8) is 0 Å². The number of nitrogens with one attached hydrogen (secondary N) is 1. The maximum atomic E-state index is 13.6. The van der Waals surface area contributed by atoms with Gasteiger partial charge in [0.05, 0.1) is 11.3 Å². The summed E-state index contributed by atoms with van der Waals surface area (Å²) in [6.07, 6.45) is -0.0311. The first-order valence-electron chi connectivity index (χ1n) is 8.72. The maximum absolute atomic E-state index is 13.6. The van der Waals surface area contributed by atoms with E-state index in [1.54, 1.807) is 17.0 Å². The lowest BCUT2D eigenvalue weighted by Gasteiger charge is -2.17. The van der Waals surface area contributed by atoms with Gasteiger partial charge in [-0.2, -0.15) is 0 Å². The van der Waals surface area contributed by atoms with Gasteiger partial charge in [-0.3, -0.25) is 9.59 Å². The molecule has 2 aromatic rings. The van der Waals surface area contributed by atoms with Crippen LogP contribution < -0.4 is 10.2 Å². The monoisotopic (exact) mass is 388 g/mol. The molecule has 1 saturated heterocycles. The minimum absolute atomic E-state index is 0.0182. The minimum Gasteiger partial charge on any atom is -0.449 e. The summed E-state index contributed by atoms with van der Waals surface area (Å²) in [5, 5.41) is 2.19. The van der Waals surface area contributed by atoms with E-state index in [2.05, 4.69) is 5.32 Å². The maximum Gasteiger partial charge on any atom is 0.338 e. The second-order valence-corrected chi connectivity index (χ2v) is 6.36. The van der Waals surface area contributed by atoms with E-state index in [9.17, 15) is 23.2 Å². The molecule has 0 radical (unpaired) electrons. The number of hydrogen-bond acceptors (Lipinski definition) is 4. The number of halogens is 2. The number of amides is 2. The lowest BCUT2D eigenvalue weighted by molar-refractivity contribution is -0.123. The molecule has 0 saturated carbocycles. The smallest absolute Gasteiger partial charge is 0.338 e. The van der Waals surface area contributed by atoms with Crippen LogP contribution in [0, 0.1) is 11.6 Å². The van der Waals surface area contributed by atoms with Crippen molar-refractivity contribution in [2.75, 3.05) is 16.8 Å². The van der Waals surface area contributed by atoms with E-state index >= 15 is 0 Å². The highest BCUT2D eigenvalue weighted by Crippen LogP contribution is 2.23. The molecular formula is C20H18F2N2O4. The molecule has 1 heterocycles. The van der Waals surface area contributed by atoms with Crippen molar-refractivity contribution < 1.29 is 27.9 Å². The Hall–Kier alpha value is -3.29. The van der Waals surface area contributed by atoms with Crippen molar-refractivity contribution in [1.29, 1.82) is 0 Å². The first kappa shape index (κ1) is 19.5. The predicted octanol–water partition coefficient (Wildman–Crippen LogP) is 3.28. The fraction of sp³-hybridized carbons (Fsp3) is 0.250. The van der Waals surface area contributed by atoms with Gasteiger partial charge < -0.3 is 15.0 Å². The summed E-state index contributed by atoms with van der Waals surface area (Å²) < 4.78 is 31.9. The Morgan fingerprint density at radius 1 is 1.18 bits per heavy atom. The Labute approximate surface area is 160 Å². The Morgan fingerprint density at radius 3 is 2.68 bits per heavy atom. The highest BCUT2D eigenvalue weighted by molar-refractivity contribution is 5.99. The molecule has 28 heavy (non-hydrogen) atoms. The Kier molecular flexibility index (Phi) is 5.67. The summed E-state index contributed by atoms with van der Waals surface area (Å²) in [5.41, 5.74) is 0.409. The van der Waals surface area contributed by atoms with E-state index < -0.39 is 29.6 Å². The largest absolute Gasteiger partial charge is 0.449 e. The number of nitrogens with zero attached hydrogens (tertiary/aromatic N) is 1. The Morgan fingerprint density at radius 2 is 1.96 bits per heavy atom. The van der Waals surface area contributed by atoms with Crippen LogP contribution in [-0.2, 0) is 14.3 Å². The first-order chi connectivity index (χ1) is 13.3. The van der Waals surface area contributed by atoms with E-state index in [-0.39, 0.29) is 17.2 Å². The average molecular weight is 388 g/mol. The third kappa shape index (κ3) is 4.33.